The molecule has 328 valence electrons. The average molecular weight is 789 g/mol. The number of unbranched alkanes of at least 4 members (excludes halogenated alkanes) is 29. The van der Waals surface area contributed by atoms with Crippen LogP contribution in [-0.4, -0.2) is 37.2 Å². The Morgan fingerprint density at radius 1 is 0.339 bits per heavy atom. The first-order valence-corrected chi connectivity index (χ1v) is 24.3. The van der Waals surface area contributed by atoms with Gasteiger partial charge in [-0.1, -0.05) is 199 Å². The van der Waals surface area contributed by atoms with E-state index < -0.39 is 6.10 Å². The fourth-order valence-electron chi connectivity index (χ4n) is 6.95. The van der Waals surface area contributed by atoms with E-state index in [0.717, 1.165) is 77.0 Å². The van der Waals surface area contributed by atoms with Crippen LogP contribution >= 0.6 is 0 Å². The average Bonchev–Trinajstić information content (AvgIpc) is 3.19. The van der Waals surface area contributed by atoms with Crippen LogP contribution < -0.4 is 0 Å². The summed E-state index contributed by atoms with van der Waals surface area (Å²) in [6.07, 6.45) is 50.1. The molecular formula is C50H92O6. The van der Waals surface area contributed by atoms with Gasteiger partial charge in [0.15, 0.2) is 6.10 Å². The lowest BCUT2D eigenvalue weighted by atomic mass is 10.1. The molecule has 56 heavy (non-hydrogen) atoms. The molecule has 0 saturated carbocycles. The Bertz CT molecular complexity index is 911. The zero-order valence-corrected chi connectivity index (χ0v) is 37.4. The highest BCUT2D eigenvalue weighted by Crippen LogP contribution is 2.15. The quantitative estimate of drug-likeness (QED) is 0.0265. The van der Waals surface area contributed by atoms with Gasteiger partial charge in [-0.3, -0.25) is 14.4 Å². The minimum Gasteiger partial charge on any atom is -0.462 e. The molecule has 0 heterocycles. The Labute approximate surface area is 347 Å². The summed E-state index contributed by atoms with van der Waals surface area (Å²) in [5.41, 5.74) is 0. The maximum atomic E-state index is 12.7. The maximum absolute atomic E-state index is 12.7. The summed E-state index contributed by atoms with van der Waals surface area (Å²) in [5.74, 6) is -0.886. The Morgan fingerprint density at radius 2 is 0.607 bits per heavy atom. The third-order valence-electron chi connectivity index (χ3n) is 10.7. The fourth-order valence-corrected chi connectivity index (χ4v) is 6.95. The molecule has 0 aliphatic carbocycles. The molecule has 0 aromatic heterocycles. The number of rotatable bonds is 44. The van der Waals surface area contributed by atoms with Gasteiger partial charge in [0.2, 0.25) is 0 Å². The molecule has 0 rings (SSSR count). The topological polar surface area (TPSA) is 78.9 Å². The molecule has 0 radical (unpaired) electrons. The predicted molar refractivity (Wildman–Crippen MR) is 238 cm³/mol. The summed E-state index contributed by atoms with van der Waals surface area (Å²) >= 11 is 0. The van der Waals surface area contributed by atoms with E-state index in [4.69, 9.17) is 14.2 Å². The molecular weight excluding hydrogens is 697 g/mol. The molecule has 6 heteroatoms. The molecule has 0 bridgehead atoms. The van der Waals surface area contributed by atoms with Gasteiger partial charge in [-0.15, -0.1) is 0 Å². The smallest absolute Gasteiger partial charge is 0.306 e. The molecule has 1 atom stereocenters. The van der Waals surface area contributed by atoms with Crippen molar-refractivity contribution in [2.45, 2.75) is 264 Å². The number of carbonyl (C=O) groups is 3. The molecule has 0 aromatic rings. The van der Waals surface area contributed by atoms with Crippen molar-refractivity contribution in [3.63, 3.8) is 0 Å². The highest BCUT2D eigenvalue weighted by Gasteiger charge is 2.19. The molecule has 0 aromatic carbocycles. The molecule has 0 N–H and O–H groups in total. The normalized spacial score (nSPS) is 12.1. The Morgan fingerprint density at radius 3 is 0.946 bits per heavy atom. The van der Waals surface area contributed by atoms with E-state index in [0.29, 0.717) is 19.3 Å². The minimum absolute atomic E-state index is 0.0743. The first-order valence-electron chi connectivity index (χ1n) is 24.3. The molecule has 0 aliphatic rings. The van der Waals surface area contributed by atoms with E-state index >= 15 is 0 Å². The predicted octanol–water partition coefficient (Wildman–Crippen LogP) is 15.6. The fraction of sp³-hybridized carbons (Fsp3) is 0.860. The van der Waals surface area contributed by atoms with Crippen molar-refractivity contribution in [3.8, 4) is 0 Å². The van der Waals surface area contributed by atoms with Gasteiger partial charge in [-0.2, -0.15) is 0 Å². The largest absolute Gasteiger partial charge is 0.462 e. The van der Waals surface area contributed by atoms with Crippen molar-refractivity contribution < 1.29 is 28.6 Å². The van der Waals surface area contributed by atoms with Crippen LogP contribution in [0, 0.1) is 0 Å². The summed E-state index contributed by atoms with van der Waals surface area (Å²) in [5, 5.41) is 0. The summed E-state index contributed by atoms with van der Waals surface area (Å²) < 4.78 is 16.7. The highest BCUT2D eigenvalue weighted by atomic mass is 16.6. The van der Waals surface area contributed by atoms with Crippen molar-refractivity contribution in [3.05, 3.63) is 24.3 Å². The first kappa shape index (κ1) is 53.9. The molecule has 0 fully saturated rings. The van der Waals surface area contributed by atoms with Gasteiger partial charge in [-0.05, 0) is 64.2 Å². The summed E-state index contributed by atoms with van der Waals surface area (Å²) in [6, 6.07) is 0. The summed E-state index contributed by atoms with van der Waals surface area (Å²) in [7, 11) is 0. The number of ether oxygens (including phenoxy) is 3. The van der Waals surface area contributed by atoms with E-state index in [9.17, 15) is 14.4 Å². The Kier molecular flexibility index (Phi) is 43.9. The van der Waals surface area contributed by atoms with Gasteiger partial charge in [0.25, 0.3) is 0 Å². The van der Waals surface area contributed by atoms with E-state index in [-0.39, 0.29) is 31.1 Å². The van der Waals surface area contributed by atoms with Gasteiger partial charge in [0, 0.05) is 19.3 Å². The van der Waals surface area contributed by atoms with Gasteiger partial charge >= 0.3 is 17.9 Å². The number of esters is 3. The molecule has 0 amide bonds. The van der Waals surface area contributed by atoms with Crippen LogP contribution in [0.5, 0.6) is 0 Å². The van der Waals surface area contributed by atoms with Gasteiger partial charge in [0.05, 0.1) is 0 Å². The van der Waals surface area contributed by atoms with Crippen LogP contribution in [0.4, 0.5) is 0 Å². The van der Waals surface area contributed by atoms with Crippen LogP contribution in [-0.2, 0) is 28.6 Å². The lowest BCUT2D eigenvalue weighted by Gasteiger charge is -2.18. The van der Waals surface area contributed by atoms with Crippen molar-refractivity contribution in [2.75, 3.05) is 13.2 Å². The third kappa shape index (κ3) is 43.0. The Balaban J connectivity index is 4.33. The molecule has 0 spiro atoms. The number of carbonyl (C=O) groups excluding carboxylic acids is 3. The van der Waals surface area contributed by atoms with Gasteiger partial charge in [-0.25, -0.2) is 0 Å². The van der Waals surface area contributed by atoms with Crippen LogP contribution in [0.25, 0.3) is 0 Å². The van der Waals surface area contributed by atoms with E-state index in [2.05, 4.69) is 45.1 Å². The van der Waals surface area contributed by atoms with Gasteiger partial charge in [0.1, 0.15) is 13.2 Å². The summed E-state index contributed by atoms with van der Waals surface area (Å²) in [4.78, 5) is 37.8. The zero-order chi connectivity index (χ0) is 40.8. The second-order valence-electron chi connectivity index (χ2n) is 16.4. The maximum Gasteiger partial charge on any atom is 0.306 e. The van der Waals surface area contributed by atoms with Crippen molar-refractivity contribution >= 4 is 17.9 Å². The van der Waals surface area contributed by atoms with E-state index in [1.165, 1.54) is 141 Å². The van der Waals surface area contributed by atoms with Crippen LogP contribution in [0.1, 0.15) is 258 Å². The lowest BCUT2D eigenvalue weighted by Crippen LogP contribution is -2.30. The molecule has 0 aliphatic heterocycles. The van der Waals surface area contributed by atoms with Crippen molar-refractivity contribution in [2.24, 2.45) is 0 Å². The monoisotopic (exact) mass is 789 g/mol. The van der Waals surface area contributed by atoms with Crippen LogP contribution in [0.15, 0.2) is 24.3 Å². The number of hydrogen-bond donors (Lipinski definition) is 0. The number of allylic oxidation sites excluding steroid dienone is 4. The standard InChI is InChI=1S/C50H92O6/c1-4-7-10-13-16-19-22-23-24-25-26-29-31-34-37-40-43-49(52)55-46-47(56-50(53)44-41-38-35-32-28-21-18-15-12-9-6-3)45-54-48(51)42-39-36-33-30-27-20-17-14-11-8-5-2/h15,18,24-25,47H,4-14,16-17,19-23,26-46H2,1-3H3/b18-15-,25-24-/t47-/m1/s1. The third-order valence-corrected chi connectivity index (χ3v) is 10.7. The minimum atomic E-state index is -0.772. The molecule has 0 unspecified atom stereocenters. The van der Waals surface area contributed by atoms with Crippen molar-refractivity contribution in [1.29, 1.82) is 0 Å². The van der Waals surface area contributed by atoms with Crippen LogP contribution in [0.3, 0.4) is 0 Å². The second-order valence-corrected chi connectivity index (χ2v) is 16.4. The van der Waals surface area contributed by atoms with Crippen LogP contribution in [0.2, 0.25) is 0 Å². The van der Waals surface area contributed by atoms with Gasteiger partial charge < -0.3 is 14.2 Å². The highest BCUT2D eigenvalue weighted by molar-refractivity contribution is 5.71. The van der Waals surface area contributed by atoms with E-state index in [1.807, 2.05) is 0 Å². The second kappa shape index (κ2) is 45.6. The number of hydrogen-bond acceptors (Lipinski definition) is 6. The summed E-state index contributed by atoms with van der Waals surface area (Å²) in [6.45, 7) is 6.59. The lowest BCUT2D eigenvalue weighted by molar-refractivity contribution is -0.167. The van der Waals surface area contributed by atoms with Crippen molar-refractivity contribution in [1.82, 2.24) is 0 Å². The SMILES string of the molecule is CCCC/C=C\CCCCCCCC(=O)O[C@@H](COC(=O)CCCCCCC/C=C\CCCCCCCCC)COC(=O)CCCCCCCCCCCCC. The first-order chi connectivity index (χ1) is 27.5. The Hall–Kier alpha value is -2.11. The molecule has 6 nitrogen and oxygen atoms in total. The molecule has 0 saturated heterocycles. The zero-order valence-electron chi connectivity index (χ0n) is 37.4. The van der Waals surface area contributed by atoms with E-state index in [1.54, 1.807) is 0 Å².